The van der Waals surface area contributed by atoms with Crippen LogP contribution in [0.1, 0.15) is 30.0 Å². The standard InChI is InChI=1S/C23H22Cl2N4S.ClH/c24-17-6-3-7-18(21(17)25)30-20-14-27-19(13-28-20)29-10-8-23(9-11-29)12-15-4-1-2-5-16(15)22(23)26;/h1-7,13-14,22H,8-12,26H2;1H. The first-order valence-corrected chi connectivity index (χ1v) is 11.7. The van der Waals surface area contributed by atoms with Crippen molar-refractivity contribution >= 4 is 53.2 Å². The van der Waals surface area contributed by atoms with E-state index < -0.39 is 0 Å². The first-order valence-electron chi connectivity index (χ1n) is 10.1. The average molecular weight is 494 g/mol. The molecule has 1 spiro atoms. The van der Waals surface area contributed by atoms with Crippen LogP contribution in [0, 0.1) is 5.41 Å². The molecule has 1 atom stereocenters. The molecule has 2 N–H and O–H groups in total. The number of piperidine rings is 1. The fourth-order valence-electron chi connectivity index (χ4n) is 4.69. The molecule has 2 heterocycles. The molecule has 1 fully saturated rings. The topological polar surface area (TPSA) is 55.0 Å². The summed E-state index contributed by atoms with van der Waals surface area (Å²) in [5, 5.41) is 1.88. The second-order valence-corrected chi connectivity index (χ2v) is 9.92. The molecule has 1 saturated heterocycles. The highest BCUT2D eigenvalue weighted by Gasteiger charge is 2.45. The van der Waals surface area contributed by atoms with Crippen molar-refractivity contribution in [3.05, 3.63) is 76.0 Å². The molecule has 1 unspecified atom stereocenters. The van der Waals surface area contributed by atoms with E-state index in [1.54, 1.807) is 12.3 Å². The maximum absolute atomic E-state index is 6.69. The van der Waals surface area contributed by atoms with Crippen LogP contribution in [0.4, 0.5) is 5.82 Å². The Bertz CT molecular complexity index is 1070. The summed E-state index contributed by atoms with van der Waals surface area (Å²) in [4.78, 5) is 12.4. The van der Waals surface area contributed by atoms with Crippen molar-refractivity contribution in [2.24, 2.45) is 11.1 Å². The monoisotopic (exact) mass is 492 g/mol. The lowest BCUT2D eigenvalue weighted by molar-refractivity contribution is 0.187. The van der Waals surface area contributed by atoms with E-state index in [1.165, 1.54) is 22.9 Å². The molecule has 0 radical (unpaired) electrons. The van der Waals surface area contributed by atoms with Crippen LogP contribution in [0.3, 0.4) is 0 Å². The lowest BCUT2D eigenvalue weighted by atomic mass is 9.73. The Kier molecular flexibility index (Phi) is 6.71. The van der Waals surface area contributed by atoms with Gasteiger partial charge in [0, 0.05) is 24.0 Å². The maximum Gasteiger partial charge on any atom is 0.147 e. The van der Waals surface area contributed by atoms with Gasteiger partial charge in [0.1, 0.15) is 10.8 Å². The van der Waals surface area contributed by atoms with Crippen LogP contribution in [-0.2, 0) is 6.42 Å². The predicted molar refractivity (Wildman–Crippen MR) is 131 cm³/mol. The molecule has 0 bridgehead atoms. The SMILES string of the molecule is Cl.NC1c2ccccc2CC12CCN(c1cnc(Sc3cccc(Cl)c3Cl)cn1)CC2. The Balaban J connectivity index is 0.00000231. The lowest BCUT2D eigenvalue weighted by Crippen LogP contribution is -2.44. The molecule has 4 nitrogen and oxygen atoms in total. The van der Waals surface area contributed by atoms with Crippen molar-refractivity contribution < 1.29 is 0 Å². The van der Waals surface area contributed by atoms with E-state index in [2.05, 4.69) is 39.1 Å². The van der Waals surface area contributed by atoms with Gasteiger partial charge in [0.2, 0.25) is 0 Å². The molecule has 5 rings (SSSR count). The Hall–Kier alpha value is -1.50. The molecule has 0 saturated carbocycles. The number of fused-ring (bicyclic) bond motifs is 1. The zero-order chi connectivity index (χ0) is 20.7. The summed E-state index contributed by atoms with van der Waals surface area (Å²) in [6.45, 7) is 1.89. The minimum Gasteiger partial charge on any atom is -0.355 e. The summed E-state index contributed by atoms with van der Waals surface area (Å²) in [6, 6.07) is 14.3. The van der Waals surface area contributed by atoms with Crippen molar-refractivity contribution in [1.82, 2.24) is 9.97 Å². The molecule has 0 amide bonds. The molecule has 3 aromatic rings. The van der Waals surface area contributed by atoms with Crippen LogP contribution >= 0.6 is 47.4 Å². The van der Waals surface area contributed by atoms with Crippen molar-refractivity contribution in [2.75, 3.05) is 18.0 Å². The lowest BCUT2D eigenvalue weighted by Gasteiger charge is -2.42. The molecular weight excluding hydrogens is 471 g/mol. The molecule has 8 heteroatoms. The summed E-state index contributed by atoms with van der Waals surface area (Å²) in [5.74, 6) is 0.912. The third-order valence-corrected chi connectivity index (χ3v) is 8.33. The number of anilines is 1. The quantitative estimate of drug-likeness (QED) is 0.471. The molecule has 2 aromatic carbocycles. The van der Waals surface area contributed by atoms with Gasteiger partial charge in [-0.2, -0.15) is 0 Å². The molecule has 31 heavy (non-hydrogen) atoms. The van der Waals surface area contributed by atoms with Crippen LogP contribution in [-0.4, -0.2) is 23.1 Å². The fourth-order valence-corrected chi connectivity index (χ4v) is 5.94. The molecule has 1 aromatic heterocycles. The maximum atomic E-state index is 6.69. The van der Waals surface area contributed by atoms with Gasteiger partial charge in [0.25, 0.3) is 0 Å². The number of nitrogens with zero attached hydrogens (tertiary/aromatic N) is 3. The van der Waals surface area contributed by atoms with Gasteiger partial charge in [-0.15, -0.1) is 12.4 Å². The summed E-state index contributed by atoms with van der Waals surface area (Å²) >= 11 is 13.8. The van der Waals surface area contributed by atoms with Crippen LogP contribution in [0.25, 0.3) is 0 Å². The van der Waals surface area contributed by atoms with Crippen molar-refractivity contribution in [3.8, 4) is 0 Å². The van der Waals surface area contributed by atoms with Gasteiger partial charge in [-0.3, -0.25) is 0 Å². The van der Waals surface area contributed by atoms with Crippen molar-refractivity contribution in [1.29, 1.82) is 0 Å². The van der Waals surface area contributed by atoms with E-state index in [1.807, 2.05) is 18.3 Å². The third kappa shape index (κ3) is 4.27. The number of nitrogens with two attached hydrogens (primary N) is 1. The number of hydrogen-bond donors (Lipinski definition) is 1. The summed E-state index contributed by atoms with van der Waals surface area (Å²) in [7, 11) is 0. The van der Waals surface area contributed by atoms with Crippen LogP contribution in [0.5, 0.6) is 0 Å². The predicted octanol–water partition coefficient (Wildman–Crippen LogP) is 6.20. The third-order valence-electron chi connectivity index (χ3n) is 6.42. The number of hydrogen-bond acceptors (Lipinski definition) is 5. The van der Waals surface area contributed by atoms with E-state index in [4.69, 9.17) is 28.9 Å². The zero-order valence-electron chi connectivity index (χ0n) is 16.8. The van der Waals surface area contributed by atoms with E-state index in [9.17, 15) is 0 Å². The van der Waals surface area contributed by atoms with Gasteiger partial charge >= 0.3 is 0 Å². The Morgan fingerprint density at radius 2 is 1.77 bits per heavy atom. The van der Waals surface area contributed by atoms with Gasteiger partial charge in [0.15, 0.2) is 0 Å². The molecule has 162 valence electrons. The van der Waals surface area contributed by atoms with Crippen molar-refractivity contribution in [2.45, 2.75) is 35.2 Å². The van der Waals surface area contributed by atoms with E-state index in [0.29, 0.717) is 10.0 Å². The van der Waals surface area contributed by atoms with Gasteiger partial charge in [-0.25, -0.2) is 9.97 Å². The van der Waals surface area contributed by atoms with Gasteiger partial charge in [0.05, 0.1) is 22.4 Å². The second kappa shape index (κ2) is 9.16. The number of rotatable bonds is 3. The van der Waals surface area contributed by atoms with E-state index >= 15 is 0 Å². The minimum atomic E-state index is 0. The molecule has 2 aliphatic rings. The highest BCUT2D eigenvalue weighted by molar-refractivity contribution is 7.99. The van der Waals surface area contributed by atoms with Crippen LogP contribution < -0.4 is 10.6 Å². The summed E-state index contributed by atoms with van der Waals surface area (Å²) < 4.78 is 0. The van der Waals surface area contributed by atoms with Crippen LogP contribution in [0.15, 0.2) is 64.8 Å². The fraction of sp³-hybridized carbons (Fsp3) is 0.304. The smallest absolute Gasteiger partial charge is 0.147 e. The summed E-state index contributed by atoms with van der Waals surface area (Å²) in [5.41, 5.74) is 9.60. The van der Waals surface area contributed by atoms with Gasteiger partial charge in [-0.05, 0) is 47.9 Å². The number of aromatic nitrogens is 2. The molecule has 1 aliphatic heterocycles. The van der Waals surface area contributed by atoms with Crippen molar-refractivity contribution in [3.63, 3.8) is 0 Å². The summed E-state index contributed by atoms with van der Waals surface area (Å²) in [6.07, 6.45) is 6.87. The first-order chi connectivity index (χ1) is 14.6. The minimum absolute atomic E-state index is 0. The highest BCUT2D eigenvalue weighted by atomic mass is 35.5. The largest absolute Gasteiger partial charge is 0.355 e. The van der Waals surface area contributed by atoms with E-state index in [-0.39, 0.29) is 23.9 Å². The molecule has 1 aliphatic carbocycles. The Labute approximate surface area is 203 Å². The second-order valence-electron chi connectivity index (χ2n) is 8.07. The zero-order valence-corrected chi connectivity index (χ0v) is 19.9. The van der Waals surface area contributed by atoms with E-state index in [0.717, 1.165) is 48.1 Å². The number of benzene rings is 2. The van der Waals surface area contributed by atoms with Crippen LogP contribution in [0.2, 0.25) is 10.0 Å². The molecular formula is C23H23Cl3N4S. The Morgan fingerprint density at radius 1 is 1.00 bits per heavy atom. The number of halogens is 3. The van der Waals surface area contributed by atoms with Gasteiger partial charge < -0.3 is 10.6 Å². The highest BCUT2D eigenvalue weighted by Crippen LogP contribution is 2.50. The normalized spacial score (nSPS) is 19.2. The average Bonchev–Trinajstić information content (AvgIpc) is 3.04. The first kappa shape index (κ1) is 22.7. The van der Waals surface area contributed by atoms with Gasteiger partial charge in [-0.1, -0.05) is 65.3 Å². The Morgan fingerprint density at radius 3 is 2.48 bits per heavy atom.